The number of fused-ring (bicyclic) bond motifs is 2. The van der Waals surface area contributed by atoms with E-state index >= 15 is 0 Å². The SMILES string of the molecule is CCC1(C)NC(=O)N(CCCNC(=NC)N2CC3(CCCC3)c3ccccc32)C1=O.I. The number of hydrogen-bond acceptors (Lipinski definition) is 3. The molecular formula is C23H34IN5O2. The maximum Gasteiger partial charge on any atom is 0.325 e. The van der Waals surface area contributed by atoms with Crippen molar-refractivity contribution < 1.29 is 9.59 Å². The number of carbonyl (C=O) groups excluding carboxylic acids is 2. The molecule has 1 aromatic rings. The number of carbonyl (C=O) groups is 2. The van der Waals surface area contributed by atoms with Gasteiger partial charge in [0.15, 0.2) is 5.96 Å². The number of nitrogens with zero attached hydrogens (tertiary/aromatic N) is 3. The number of nitrogens with one attached hydrogen (secondary N) is 2. The van der Waals surface area contributed by atoms with Gasteiger partial charge in [0, 0.05) is 37.8 Å². The second-order valence-electron chi connectivity index (χ2n) is 8.99. The zero-order valence-electron chi connectivity index (χ0n) is 18.7. The van der Waals surface area contributed by atoms with Crippen LogP contribution < -0.4 is 15.5 Å². The summed E-state index contributed by atoms with van der Waals surface area (Å²) in [6.07, 6.45) is 6.32. The summed E-state index contributed by atoms with van der Waals surface area (Å²) >= 11 is 0. The minimum absolute atomic E-state index is 0. The summed E-state index contributed by atoms with van der Waals surface area (Å²) in [7, 11) is 1.81. The molecule has 1 spiro atoms. The van der Waals surface area contributed by atoms with Gasteiger partial charge in [-0.05, 0) is 44.2 Å². The Hall–Kier alpha value is -1.84. The molecule has 170 valence electrons. The molecule has 1 saturated carbocycles. The number of benzene rings is 1. The van der Waals surface area contributed by atoms with Crippen molar-refractivity contribution in [3.05, 3.63) is 29.8 Å². The van der Waals surface area contributed by atoms with Crippen molar-refractivity contribution in [1.29, 1.82) is 0 Å². The van der Waals surface area contributed by atoms with E-state index in [4.69, 9.17) is 0 Å². The Morgan fingerprint density at radius 2 is 1.94 bits per heavy atom. The van der Waals surface area contributed by atoms with Crippen molar-refractivity contribution in [3.8, 4) is 0 Å². The number of amides is 3. The highest BCUT2D eigenvalue weighted by Gasteiger charge is 2.47. The van der Waals surface area contributed by atoms with Crippen molar-refractivity contribution in [1.82, 2.24) is 15.5 Å². The van der Waals surface area contributed by atoms with Crippen molar-refractivity contribution in [2.24, 2.45) is 4.99 Å². The van der Waals surface area contributed by atoms with Crippen LogP contribution in [0.1, 0.15) is 57.9 Å². The van der Waals surface area contributed by atoms with Gasteiger partial charge in [-0.25, -0.2) is 4.79 Å². The number of urea groups is 1. The Morgan fingerprint density at radius 3 is 2.58 bits per heavy atom. The van der Waals surface area contributed by atoms with Gasteiger partial charge in [-0.3, -0.25) is 14.7 Å². The van der Waals surface area contributed by atoms with E-state index in [9.17, 15) is 9.59 Å². The van der Waals surface area contributed by atoms with Gasteiger partial charge in [-0.15, -0.1) is 24.0 Å². The van der Waals surface area contributed by atoms with Crippen LogP contribution in [-0.4, -0.2) is 55.0 Å². The predicted molar refractivity (Wildman–Crippen MR) is 134 cm³/mol. The fourth-order valence-corrected chi connectivity index (χ4v) is 5.22. The highest BCUT2D eigenvalue weighted by Crippen LogP contribution is 2.50. The van der Waals surface area contributed by atoms with Crippen LogP contribution in [0.5, 0.6) is 0 Å². The number of guanidine groups is 1. The smallest absolute Gasteiger partial charge is 0.325 e. The topological polar surface area (TPSA) is 77.0 Å². The molecule has 0 bridgehead atoms. The van der Waals surface area contributed by atoms with Gasteiger partial charge in [-0.2, -0.15) is 0 Å². The molecule has 0 radical (unpaired) electrons. The van der Waals surface area contributed by atoms with E-state index in [1.807, 2.05) is 14.0 Å². The molecule has 7 nitrogen and oxygen atoms in total. The first-order chi connectivity index (χ1) is 14.4. The molecular weight excluding hydrogens is 505 g/mol. The van der Waals surface area contributed by atoms with E-state index in [2.05, 4.69) is 44.8 Å². The van der Waals surface area contributed by atoms with Gasteiger partial charge in [0.25, 0.3) is 5.91 Å². The molecule has 1 unspecified atom stereocenters. The number of imide groups is 1. The molecule has 2 heterocycles. The van der Waals surface area contributed by atoms with Crippen LogP contribution in [0.25, 0.3) is 0 Å². The van der Waals surface area contributed by atoms with E-state index in [-0.39, 0.29) is 41.3 Å². The summed E-state index contributed by atoms with van der Waals surface area (Å²) in [5, 5.41) is 6.26. The summed E-state index contributed by atoms with van der Waals surface area (Å²) in [6, 6.07) is 8.41. The first kappa shape index (κ1) is 23.8. The highest BCUT2D eigenvalue weighted by atomic mass is 127. The first-order valence-electron chi connectivity index (χ1n) is 11.2. The monoisotopic (exact) mass is 539 g/mol. The summed E-state index contributed by atoms with van der Waals surface area (Å²) in [6.45, 7) is 5.73. The van der Waals surface area contributed by atoms with Gasteiger partial charge in [-0.1, -0.05) is 38.0 Å². The second kappa shape index (κ2) is 9.34. The largest absolute Gasteiger partial charge is 0.356 e. The van der Waals surface area contributed by atoms with Crippen molar-refractivity contribution >= 4 is 47.6 Å². The van der Waals surface area contributed by atoms with Gasteiger partial charge >= 0.3 is 6.03 Å². The Morgan fingerprint density at radius 1 is 1.23 bits per heavy atom. The fraction of sp³-hybridized carbons (Fsp3) is 0.609. The molecule has 1 atom stereocenters. The molecule has 3 amide bonds. The van der Waals surface area contributed by atoms with Crippen LogP contribution in [0, 0.1) is 0 Å². The quantitative estimate of drug-likeness (QED) is 0.197. The van der Waals surface area contributed by atoms with Crippen molar-refractivity contribution in [3.63, 3.8) is 0 Å². The van der Waals surface area contributed by atoms with Gasteiger partial charge in [0.2, 0.25) is 0 Å². The van der Waals surface area contributed by atoms with Crippen LogP contribution in [0.4, 0.5) is 10.5 Å². The average molecular weight is 539 g/mol. The molecule has 31 heavy (non-hydrogen) atoms. The fourth-order valence-electron chi connectivity index (χ4n) is 5.22. The van der Waals surface area contributed by atoms with E-state index < -0.39 is 5.54 Å². The molecule has 0 aromatic heterocycles. The lowest BCUT2D eigenvalue weighted by atomic mass is 9.81. The number of hydrogen-bond donors (Lipinski definition) is 2. The molecule has 1 aliphatic carbocycles. The maximum absolute atomic E-state index is 12.5. The lowest BCUT2D eigenvalue weighted by Crippen LogP contribution is -2.44. The molecule has 2 N–H and O–H groups in total. The third-order valence-electron chi connectivity index (χ3n) is 7.15. The Kier molecular flexibility index (Phi) is 7.18. The molecule has 2 aliphatic heterocycles. The van der Waals surface area contributed by atoms with Crippen LogP contribution in [0.3, 0.4) is 0 Å². The Balaban J connectivity index is 0.00000272. The summed E-state index contributed by atoms with van der Waals surface area (Å²) in [5.41, 5.74) is 2.18. The lowest BCUT2D eigenvalue weighted by Gasteiger charge is -2.27. The maximum atomic E-state index is 12.5. The minimum Gasteiger partial charge on any atom is -0.356 e. The third-order valence-corrected chi connectivity index (χ3v) is 7.15. The van der Waals surface area contributed by atoms with Crippen LogP contribution in [-0.2, 0) is 10.2 Å². The van der Waals surface area contributed by atoms with Gasteiger partial charge in [0.1, 0.15) is 5.54 Å². The molecule has 2 fully saturated rings. The second-order valence-corrected chi connectivity index (χ2v) is 8.99. The first-order valence-corrected chi connectivity index (χ1v) is 11.2. The molecule has 4 rings (SSSR count). The Labute approximate surface area is 202 Å². The number of halogens is 1. The number of anilines is 1. The number of para-hydroxylation sites is 1. The summed E-state index contributed by atoms with van der Waals surface area (Å²) < 4.78 is 0. The van der Waals surface area contributed by atoms with Gasteiger partial charge < -0.3 is 15.5 Å². The summed E-state index contributed by atoms with van der Waals surface area (Å²) in [5.74, 6) is 0.734. The van der Waals surface area contributed by atoms with E-state index in [1.165, 1.54) is 41.8 Å². The minimum atomic E-state index is -0.768. The standard InChI is InChI=1S/C23H33N5O2.HI/c1-4-22(2)19(29)27(21(30)26-22)15-9-14-25-20(24-3)28-16-23(12-7-8-13-23)17-10-5-6-11-18(17)28;/h5-6,10-11H,4,7-9,12-16H2,1-3H3,(H,24,25)(H,26,30);1H. The van der Waals surface area contributed by atoms with E-state index in [1.54, 1.807) is 6.92 Å². The van der Waals surface area contributed by atoms with E-state index in [0.717, 1.165) is 12.5 Å². The highest BCUT2D eigenvalue weighted by molar-refractivity contribution is 14.0. The zero-order valence-corrected chi connectivity index (χ0v) is 21.1. The Bertz CT molecular complexity index is 867. The normalized spacial score (nSPS) is 24.4. The van der Waals surface area contributed by atoms with Crippen molar-refractivity contribution in [2.45, 2.75) is 63.3 Å². The molecule has 1 saturated heterocycles. The molecule has 8 heteroatoms. The predicted octanol–water partition coefficient (Wildman–Crippen LogP) is 3.62. The lowest BCUT2D eigenvalue weighted by molar-refractivity contribution is -0.130. The number of rotatable bonds is 5. The summed E-state index contributed by atoms with van der Waals surface area (Å²) in [4.78, 5) is 32.9. The van der Waals surface area contributed by atoms with Crippen LogP contribution in [0.15, 0.2) is 29.3 Å². The molecule has 3 aliphatic rings. The molecule has 1 aromatic carbocycles. The van der Waals surface area contributed by atoms with Crippen molar-refractivity contribution in [2.75, 3.05) is 31.6 Å². The van der Waals surface area contributed by atoms with Gasteiger partial charge in [0.05, 0.1) is 0 Å². The van der Waals surface area contributed by atoms with Crippen LogP contribution >= 0.6 is 24.0 Å². The zero-order chi connectivity index (χ0) is 21.4. The van der Waals surface area contributed by atoms with E-state index in [0.29, 0.717) is 25.9 Å². The number of aliphatic imine (C=N–C) groups is 1. The van der Waals surface area contributed by atoms with Crippen LogP contribution in [0.2, 0.25) is 0 Å². The third kappa shape index (κ3) is 4.15. The average Bonchev–Trinajstić information content (AvgIpc) is 3.41.